The topological polar surface area (TPSA) is 72.8 Å². The van der Waals surface area contributed by atoms with E-state index in [0.29, 0.717) is 5.57 Å². The van der Waals surface area contributed by atoms with Crippen molar-refractivity contribution in [3.8, 4) is 5.75 Å². The highest BCUT2D eigenvalue weighted by Crippen LogP contribution is 2.22. The predicted molar refractivity (Wildman–Crippen MR) is 77.7 cm³/mol. The minimum absolute atomic E-state index is 0.138. The molecule has 21 heavy (non-hydrogen) atoms. The molecule has 0 unspecified atom stereocenters. The summed E-state index contributed by atoms with van der Waals surface area (Å²) < 4.78 is 9.54. The number of aromatic hydroxyl groups is 1. The number of hydrogen-bond acceptors (Lipinski definition) is 5. The van der Waals surface area contributed by atoms with Crippen molar-refractivity contribution in [2.75, 3.05) is 14.2 Å². The molecule has 0 aliphatic heterocycles. The summed E-state index contributed by atoms with van der Waals surface area (Å²) in [6.45, 7) is 3.62. The number of hydrogen-bond donors (Lipinski definition) is 1. The Morgan fingerprint density at radius 1 is 1.05 bits per heavy atom. The van der Waals surface area contributed by atoms with Gasteiger partial charge in [-0.05, 0) is 23.6 Å². The van der Waals surface area contributed by atoms with E-state index in [1.54, 1.807) is 12.1 Å². The van der Waals surface area contributed by atoms with Gasteiger partial charge in [-0.3, -0.25) is 0 Å². The molecule has 1 aromatic carbocycles. The van der Waals surface area contributed by atoms with Crippen LogP contribution in [0.15, 0.2) is 35.4 Å². The van der Waals surface area contributed by atoms with Crippen LogP contribution in [0.1, 0.15) is 19.4 Å². The zero-order valence-electron chi connectivity index (χ0n) is 12.7. The van der Waals surface area contributed by atoms with Gasteiger partial charge in [0.15, 0.2) is 0 Å². The van der Waals surface area contributed by atoms with Crippen LogP contribution in [0.3, 0.4) is 0 Å². The quantitative estimate of drug-likeness (QED) is 0.665. The second-order valence-corrected chi connectivity index (χ2v) is 4.87. The fraction of sp³-hybridized carbons (Fsp3) is 0.375. The molecule has 0 radical (unpaired) electrons. The molecule has 1 N–H and O–H groups in total. The number of methoxy groups -OCH3 is 2. The van der Waals surface area contributed by atoms with Crippen LogP contribution in [0.25, 0.3) is 0 Å². The number of ether oxygens (including phenoxy) is 2. The molecular weight excluding hydrogens is 272 g/mol. The van der Waals surface area contributed by atoms with E-state index in [0.717, 1.165) is 5.56 Å². The number of phenols is 1. The lowest BCUT2D eigenvalue weighted by Gasteiger charge is -2.15. The van der Waals surface area contributed by atoms with Crippen LogP contribution in [0, 0.1) is 5.92 Å². The predicted octanol–water partition coefficient (Wildman–Crippen LogP) is 2.23. The van der Waals surface area contributed by atoms with E-state index in [1.165, 1.54) is 26.4 Å². The van der Waals surface area contributed by atoms with Gasteiger partial charge in [0.1, 0.15) is 5.75 Å². The molecule has 0 bridgehead atoms. The van der Waals surface area contributed by atoms with Crippen molar-refractivity contribution in [2.24, 2.45) is 5.92 Å². The van der Waals surface area contributed by atoms with Gasteiger partial charge in [-0.1, -0.05) is 26.0 Å². The third kappa shape index (κ3) is 4.34. The van der Waals surface area contributed by atoms with E-state index in [-0.39, 0.29) is 23.7 Å². The number of carbonyl (C=O) groups is 2. The third-order valence-corrected chi connectivity index (χ3v) is 3.06. The lowest BCUT2D eigenvalue weighted by atomic mass is 9.93. The van der Waals surface area contributed by atoms with E-state index < -0.39 is 11.9 Å². The molecule has 0 saturated heterocycles. The maximum Gasteiger partial charge on any atom is 0.334 e. The first-order valence-corrected chi connectivity index (χ1v) is 6.58. The van der Waals surface area contributed by atoms with Gasteiger partial charge in [0, 0.05) is 6.42 Å². The van der Waals surface area contributed by atoms with E-state index >= 15 is 0 Å². The summed E-state index contributed by atoms with van der Waals surface area (Å²) in [6.07, 6.45) is 0.232. The monoisotopic (exact) mass is 292 g/mol. The fourth-order valence-corrected chi connectivity index (χ4v) is 2.04. The van der Waals surface area contributed by atoms with Gasteiger partial charge in [-0.25, -0.2) is 9.59 Å². The molecule has 5 heteroatoms. The highest BCUT2D eigenvalue weighted by Gasteiger charge is 2.25. The van der Waals surface area contributed by atoms with Crippen molar-refractivity contribution in [3.05, 3.63) is 41.0 Å². The second-order valence-electron chi connectivity index (χ2n) is 4.87. The number of carbonyl (C=O) groups excluding carboxylic acids is 2. The van der Waals surface area contributed by atoms with Gasteiger partial charge in [-0.2, -0.15) is 0 Å². The molecule has 5 nitrogen and oxygen atoms in total. The summed E-state index contributed by atoms with van der Waals surface area (Å²) in [5, 5.41) is 9.29. The van der Waals surface area contributed by atoms with Gasteiger partial charge in [-0.15, -0.1) is 0 Å². The molecule has 0 spiro atoms. The van der Waals surface area contributed by atoms with Crippen molar-refractivity contribution in [3.63, 3.8) is 0 Å². The van der Waals surface area contributed by atoms with Crippen LogP contribution in [-0.4, -0.2) is 31.3 Å². The number of phenolic OH excluding ortho intramolecular Hbond substituents is 1. The lowest BCUT2D eigenvalue weighted by molar-refractivity contribution is -0.139. The fourth-order valence-electron chi connectivity index (χ4n) is 2.04. The Morgan fingerprint density at radius 2 is 1.57 bits per heavy atom. The van der Waals surface area contributed by atoms with Crippen LogP contribution in [-0.2, 0) is 25.5 Å². The summed E-state index contributed by atoms with van der Waals surface area (Å²) >= 11 is 0. The van der Waals surface area contributed by atoms with Crippen LogP contribution in [0.2, 0.25) is 0 Å². The van der Waals surface area contributed by atoms with Gasteiger partial charge >= 0.3 is 11.9 Å². The summed E-state index contributed by atoms with van der Waals surface area (Å²) in [7, 11) is 2.55. The zero-order valence-corrected chi connectivity index (χ0v) is 12.7. The van der Waals surface area contributed by atoms with E-state index in [9.17, 15) is 14.7 Å². The molecule has 0 atom stereocenters. The Bertz CT molecular complexity index is 540. The number of esters is 2. The van der Waals surface area contributed by atoms with Crippen LogP contribution in [0.5, 0.6) is 5.75 Å². The SMILES string of the molecule is COC(=O)C(Cc1ccc(O)cc1)=C(C(=O)OC)C(C)C. The molecule has 1 aromatic rings. The number of rotatable bonds is 5. The molecule has 0 saturated carbocycles. The molecule has 0 fully saturated rings. The molecule has 0 aromatic heterocycles. The molecule has 0 aliphatic carbocycles. The first-order valence-electron chi connectivity index (χ1n) is 6.58. The first-order chi connectivity index (χ1) is 9.90. The summed E-state index contributed by atoms with van der Waals surface area (Å²) in [6, 6.07) is 6.43. The average molecular weight is 292 g/mol. The van der Waals surface area contributed by atoms with E-state index in [1.807, 2.05) is 13.8 Å². The van der Waals surface area contributed by atoms with Gasteiger partial charge in [0.05, 0.1) is 25.4 Å². The summed E-state index contributed by atoms with van der Waals surface area (Å²) in [5.74, 6) is -1.13. The third-order valence-electron chi connectivity index (χ3n) is 3.06. The molecule has 0 aliphatic rings. The van der Waals surface area contributed by atoms with Crippen molar-refractivity contribution in [1.29, 1.82) is 0 Å². The lowest BCUT2D eigenvalue weighted by Crippen LogP contribution is -2.19. The second kappa shape index (κ2) is 7.47. The van der Waals surface area contributed by atoms with Crippen LogP contribution < -0.4 is 0 Å². The van der Waals surface area contributed by atoms with E-state index in [2.05, 4.69) is 0 Å². The van der Waals surface area contributed by atoms with E-state index in [4.69, 9.17) is 9.47 Å². The highest BCUT2D eigenvalue weighted by molar-refractivity contribution is 6.00. The zero-order chi connectivity index (χ0) is 16.0. The molecule has 0 amide bonds. The van der Waals surface area contributed by atoms with Gasteiger partial charge < -0.3 is 14.6 Å². The Labute approximate surface area is 124 Å². The Balaban J connectivity index is 3.29. The molecular formula is C16H20O5. The van der Waals surface area contributed by atoms with Gasteiger partial charge in [0.2, 0.25) is 0 Å². The minimum atomic E-state index is -0.558. The van der Waals surface area contributed by atoms with Gasteiger partial charge in [0.25, 0.3) is 0 Å². The number of benzene rings is 1. The van der Waals surface area contributed by atoms with Crippen molar-refractivity contribution in [1.82, 2.24) is 0 Å². The Hall–Kier alpha value is -2.30. The maximum atomic E-state index is 12.0. The summed E-state index contributed by atoms with van der Waals surface area (Å²) in [5.41, 5.74) is 1.36. The van der Waals surface area contributed by atoms with Crippen LogP contribution >= 0.6 is 0 Å². The maximum absolute atomic E-state index is 12.0. The highest BCUT2D eigenvalue weighted by atomic mass is 16.5. The summed E-state index contributed by atoms with van der Waals surface area (Å²) in [4.78, 5) is 23.9. The molecule has 1 rings (SSSR count). The average Bonchev–Trinajstić information content (AvgIpc) is 2.47. The van der Waals surface area contributed by atoms with Crippen LogP contribution in [0.4, 0.5) is 0 Å². The normalized spacial score (nSPS) is 11.9. The smallest absolute Gasteiger partial charge is 0.334 e. The molecule has 114 valence electrons. The Kier molecular flexibility index (Phi) is 5.96. The minimum Gasteiger partial charge on any atom is -0.508 e. The Morgan fingerprint density at radius 3 is 2.00 bits per heavy atom. The van der Waals surface area contributed by atoms with Crippen molar-refractivity contribution < 1.29 is 24.2 Å². The van der Waals surface area contributed by atoms with Crippen molar-refractivity contribution in [2.45, 2.75) is 20.3 Å². The molecule has 0 heterocycles. The first kappa shape index (κ1) is 16.8. The van der Waals surface area contributed by atoms with Crippen molar-refractivity contribution >= 4 is 11.9 Å². The largest absolute Gasteiger partial charge is 0.508 e. The standard InChI is InChI=1S/C16H20O5/c1-10(2)14(16(19)21-4)13(15(18)20-3)9-11-5-7-12(17)8-6-11/h5-8,10,17H,9H2,1-4H3.